The van der Waals surface area contributed by atoms with E-state index in [4.69, 9.17) is 23.2 Å². The molecular weight excluding hydrogens is 369 g/mol. The van der Waals surface area contributed by atoms with E-state index in [0.717, 1.165) is 4.57 Å². The first-order chi connectivity index (χ1) is 11.8. The zero-order chi connectivity index (χ0) is 18.3. The van der Waals surface area contributed by atoms with Crippen LogP contribution >= 0.6 is 23.2 Å². The largest absolute Gasteiger partial charge is 0.332 e. The van der Waals surface area contributed by atoms with Crippen molar-refractivity contribution in [3.05, 3.63) is 61.1 Å². The van der Waals surface area contributed by atoms with Crippen LogP contribution in [-0.2, 0) is 14.1 Å². The van der Waals surface area contributed by atoms with Gasteiger partial charge in [0.05, 0.1) is 27.9 Å². The average molecular weight is 380 g/mol. The summed E-state index contributed by atoms with van der Waals surface area (Å²) in [5, 5.41) is 3.04. The molecule has 0 bridgehead atoms. The van der Waals surface area contributed by atoms with E-state index >= 15 is 0 Å². The zero-order valence-electron chi connectivity index (χ0n) is 13.1. The highest BCUT2D eigenvalue weighted by molar-refractivity contribution is 6.41. The third kappa shape index (κ3) is 3.01. The molecule has 128 valence electrons. The molecule has 0 atom stereocenters. The highest BCUT2D eigenvalue weighted by Gasteiger charge is 2.13. The quantitative estimate of drug-likeness (QED) is 0.681. The summed E-state index contributed by atoms with van der Waals surface area (Å²) >= 11 is 11.6. The van der Waals surface area contributed by atoms with Gasteiger partial charge in [-0.05, 0) is 12.1 Å². The van der Waals surface area contributed by atoms with E-state index in [1.807, 2.05) is 0 Å². The fourth-order valence-electron chi connectivity index (χ4n) is 2.28. The van der Waals surface area contributed by atoms with Crippen molar-refractivity contribution in [2.45, 2.75) is 0 Å². The highest BCUT2D eigenvalue weighted by atomic mass is 35.5. The second kappa shape index (κ2) is 6.30. The van der Waals surface area contributed by atoms with E-state index < -0.39 is 17.2 Å². The summed E-state index contributed by atoms with van der Waals surface area (Å²) in [5.74, 6) is -0.492. The number of aromatic nitrogens is 4. The minimum atomic E-state index is -0.502. The maximum atomic E-state index is 12.3. The molecule has 0 saturated carbocycles. The van der Waals surface area contributed by atoms with E-state index in [1.54, 1.807) is 0 Å². The van der Waals surface area contributed by atoms with Gasteiger partial charge in [-0.25, -0.2) is 14.8 Å². The number of amides is 1. The first-order valence-electron chi connectivity index (χ1n) is 6.97. The number of rotatable bonds is 2. The summed E-state index contributed by atoms with van der Waals surface area (Å²) in [7, 11) is 2.88. The molecular formula is C15H11Cl2N5O3. The Hall–Kier alpha value is -2.71. The van der Waals surface area contributed by atoms with Gasteiger partial charge in [0.15, 0.2) is 0 Å². The van der Waals surface area contributed by atoms with E-state index in [0.29, 0.717) is 5.69 Å². The van der Waals surface area contributed by atoms with Crippen LogP contribution in [0.5, 0.6) is 0 Å². The lowest BCUT2D eigenvalue weighted by atomic mass is 10.2. The summed E-state index contributed by atoms with van der Waals surface area (Å²) < 4.78 is 2.23. The summed E-state index contributed by atoms with van der Waals surface area (Å²) in [6.45, 7) is 0. The van der Waals surface area contributed by atoms with Crippen LogP contribution in [0.2, 0.25) is 10.2 Å². The highest BCUT2D eigenvalue weighted by Crippen LogP contribution is 2.20. The van der Waals surface area contributed by atoms with Crippen molar-refractivity contribution in [1.29, 1.82) is 0 Å². The number of anilines is 1. The second-order valence-corrected chi connectivity index (χ2v) is 6.02. The smallest absolute Gasteiger partial charge is 0.321 e. The number of fused-ring (bicyclic) bond motifs is 1. The van der Waals surface area contributed by atoms with Crippen molar-refractivity contribution >= 4 is 45.8 Å². The maximum absolute atomic E-state index is 12.3. The van der Waals surface area contributed by atoms with E-state index in [9.17, 15) is 14.4 Å². The normalized spacial score (nSPS) is 10.9. The number of aryl methyl sites for hydroxylation is 1. The number of nitrogens with zero attached hydrogens (tertiary/aromatic N) is 4. The minimum absolute atomic E-state index is 0.0926. The van der Waals surface area contributed by atoms with Gasteiger partial charge in [0, 0.05) is 20.3 Å². The topological polar surface area (TPSA) is 98.9 Å². The molecule has 1 N–H and O–H groups in total. The zero-order valence-corrected chi connectivity index (χ0v) is 14.6. The Bertz CT molecular complexity index is 1140. The number of carbonyl (C=O) groups excluding carboxylic acids is 1. The summed E-state index contributed by atoms with van der Waals surface area (Å²) in [6, 6.07) is 2.83. The molecule has 10 heteroatoms. The molecule has 0 radical (unpaired) electrons. The molecule has 0 aliphatic carbocycles. The number of nitrogens with one attached hydrogen (secondary N) is 1. The van der Waals surface area contributed by atoms with E-state index in [-0.39, 0.29) is 26.8 Å². The van der Waals surface area contributed by atoms with Crippen LogP contribution in [0.1, 0.15) is 10.4 Å². The van der Waals surface area contributed by atoms with Crippen LogP contribution in [0.4, 0.5) is 5.69 Å². The van der Waals surface area contributed by atoms with Gasteiger partial charge in [0.1, 0.15) is 10.8 Å². The number of hydrogen-bond donors (Lipinski definition) is 1. The predicted octanol–water partition coefficient (Wildman–Crippen LogP) is 1.59. The molecule has 3 rings (SSSR count). The second-order valence-electron chi connectivity index (χ2n) is 5.25. The average Bonchev–Trinajstić information content (AvgIpc) is 2.60. The molecule has 0 aromatic carbocycles. The number of hydrogen-bond acceptors (Lipinski definition) is 5. The van der Waals surface area contributed by atoms with Crippen molar-refractivity contribution < 1.29 is 4.79 Å². The van der Waals surface area contributed by atoms with Gasteiger partial charge in [-0.2, -0.15) is 0 Å². The third-order valence-corrected chi connectivity index (χ3v) is 4.30. The Morgan fingerprint density at radius 1 is 1.08 bits per heavy atom. The molecule has 0 spiro atoms. The maximum Gasteiger partial charge on any atom is 0.332 e. The molecule has 0 fully saturated rings. The standard InChI is InChI=1S/C15H11Cl2N5O3/c1-21-12-9(14(24)22(2)15(21)25)4-8(6-19-12)20-13(23)7-3-10(16)11(17)18-5-7/h3-6H,1-2H3,(H,20,23). The van der Waals surface area contributed by atoms with Gasteiger partial charge in [-0.3, -0.25) is 18.7 Å². The van der Waals surface area contributed by atoms with Crippen LogP contribution in [-0.4, -0.2) is 25.0 Å². The summed E-state index contributed by atoms with van der Waals surface area (Å²) in [5.41, 5.74) is -0.272. The van der Waals surface area contributed by atoms with Crippen molar-refractivity contribution in [1.82, 2.24) is 19.1 Å². The fourth-order valence-corrected chi connectivity index (χ4v) is 2.55. The minimum Gasteiger partial charge on any atom is -0.321 e. The number of halogens is 2. The Labute approximate surface area is 150 Å². The fraction of sp³-hybridized carbons (Fsp3) is 0.133. The predicted molar refractivity (Wildman–Crippen MR) is 94.4 cm³/mol. The molecule has 0 saturated heterocycles. The molecule has 3 aromatic rings. The van der Waals surface area contributed by atoms with Gasteiger partial charge >= 0.3 is 5.69 Å². The summed E-state index contributed by atoms with van der Waals surface area (Å²) in [4.78, 5) is 44.3. The molecule has 1 amide bonds. The van der Waals surface area contributed by atoms with Crippen molar-refractivity contribution in [3.8, 4) is 0 Å². The monoisotopic (exact) mass is 379 g/mol. The van der Waals surface area contributed by atoms with Gasteiger partial charge in [0.25, 0.3) is 11.5 Å². The molecule has 0 aliphatic heterocycles. The molecule has 0 unspecified atom stereocenters. The SMILES string of the molecule is Cn1c(=O)c2cc(NC(=O)c3cnc(Cl)c(Cl)c3)cnc2n(C)c1=O. The third-order valence-electron chi connectivity index (χ3n) is 3.61. The Balaban J connectivity index is 2.02. The van der Waals surface area contributed by atoms with E-state index in [2.05, 4.69) is 15.3 Å². The lowest BCUT2D eigenvalue weighted by Gasteiger charge is -2.09. The molecule has 8 nitrogen and oxygen atoms in total. The van der Waals surface area contributed by atoms with Crippen molar-refractivity contribution in [2.75, 3.05) is 5.32 Å². The van der Waals surface area contributed by atoms with Crippen molar-refractivity contribution in [3.63, 3.8) is 0 Å². The van der Waals surface area contributed by atoms with Gasteiger partial charge < -0.3 is 5.32 Å². The first kappa shape index (κ1) is 17.1. The van der Waals surface area contributed by atoms with Crippen LogP contribution < -0.4 is 16.6 Å². The number of carbonyl (C=O) groups is 1. The molecule has 25 heavy (non-hydrogen) atoms. The Morgan fingerprint density at radius 3 is 2.48 bits per heavy atom. The lowest BCUT2D eigenvalue weighted by Crippen LogP contribution is -2.37. The lowest BCUT2D eigenvalue weighted by molar-refractivity contribution is 0.102. The molecule has 3 heterocycles. The van der Waals surface area contributed by atoms with Gasteiger partial charge in [-0.15, -0.1) is 0 Å². The first-order valence-corrected chi connectivity index (χ1v) is 7.73. The van der Waals surface area contributed by atoms with Gasteiger partial charge in [0.2, 0.25) is 0 Å². The molecule has 3 aromatic heterocycles. The Morgan fingerprint density at radius 2 is 1.80 bits per heavy atom. The molecule has 0 aliphatic rings. The van der Waals surface area contributed by atoms with Gasteiger partial charge in [-0.1, -0.05) is 23.2 Å². The van der Waals surface area contributed by atoms with Crippen LogP contribution in [0.25, 0.3) is 11.0 Å². The van der Waals surface area contributed by atoms with Crippen LogP contribution in [0.15, 0.2) is 34.1 Å². The van der Waals surface area contributed by atoms with Crippen LogP contribution in [0.3, 0.4) is 0 Å². The Kier molecular flexibility index (Phi) is 4.32. The van der Waals surface area contributed by atoms with Crippen LogP contribution in [0, 0.1) is 0 Å². The number of pyridine rings is 2. The van der Waals surface area contributed by atoms with Crippen molar-refractivity contribution in [2.24, 2.45) is 14.1 Å². The summed E-state index contributed by atoms with van der Waals surface area (Å²) in [6.07, 6.45) is 2.63. The van der Waals surface area contributed by atoms with E-state index in [1.165, 1.54) is 43.2 Å².